The van der Waals surface area contributed by atoms with Crippen LogP contribution in [0.4, 0.5) is 11.4 Å². The third-order valence-electron chi connectivity index (χ3n) is 4.14. The predicted octanol–water partition coefficient (Wildman–Crippen LogP) is 4.65. The van der Waals surface area contributed by atoms with Crippen molar-refractivity contribution in [1.29, 1.82) is 0 Å². The van der Waals surface area contributed by atoms with Crippen molar-refractivity contribution in [2.24, 2.45) is 0 Å². The van der Waals surface area contributed by atoms with Crippen molar-refractivity contribution in [1.82, 2.24) is 9.78 Å². The van der Waals surface area contributed by atoms with E-state index in [2.05, 4.69) is 15.7 Å². The highest BCUT2D eigenvalue weighted by Gasteiger charge is 2.19. The summed E-state index contributed by atoms with van der Waals surface area (Å²) in [4.78, 5) is 24.6. The van der Waals surface area contributed by atoms with Gasteiger partial charge in [-0.2, -0.15) is 5.10 Å². The molecule has 1 unspecified atom stereocenters. The van der Waals surface area contributed by atoms with Crippen LogP contribution in [0.25, 0.3) is 0 Å². The first-order chi connectivity index (χ1) is 12.7. The van der Waals surface area contributed by atoms with Gasteiger partial charge in [-0.15, -0.1) is 0 Å². The van der Waals surface area contributed by atoms with Gasteiger partial charge in [0.25, 0.3) is 5.91 Å². The normalized spacial score (nSPS) is 12.6. The van der Waals surface area contributed by atoms with Crippen molar-refractivity contribution < 1.29 is 9.59 Å². The van der Waals surface area contributed by atoms with Gasteiger partial charge in [0.1, 0.15) is 6.04 Å². The molecule has 0 radical (unpaired) electrons. The zero-order valence-corrected chi connectivity index (χ0v) is 17.0. The number of carbonyl (C=O) groups excluding carboxylic acids is 2. The lowest BCUT2D eigenvalue weighted by Gasteiger charge is -2.16. The molecule has 0 saturated carbocycles. The summed E-state index contributed by atoms with van der Waals surface area (Å²) in [6.07, 6.45) is 2.64. The molecule has 1 atom stereocenters. The first-order valence-electron chi connectivity index (χ1n) is 8.84. The number of benzene rings is 1. The van der Waals surface area contributed by atoms with Crippen LogP contribution in [-0.4, -0.2) is 21.6 Å². The van der Waals surface area contributed by atoms with Crippen LogP contribution >= 0.6 is 11.6 Å². The van der Waals surface area contributed by atoms with Gasteiger partial charge >= 0.3 is 0 Å². The fourth-order valence-electron chi connectivity index (χ4n) is 2.71. The number of hydrogen-bond acceptors (Lipinski definition) is 3. The maximum absolute atomic E-state index is 12.5. The van der Waals surface area contributed by atoms with E-state index in [1.165, 1.54) is 0 Å². The van der Waals surface area contributed by atoms with E-state index < -0.39 is 6.04 Å². The smallest absolute Gasteiger partial charge is 0.250 e. The average Bonchev–Trinajstić information content (AvgIpc) is 2.94. The highest BCUT2D eigenvalue weighted by atomic mass is 35.5. The van der Waals surface area contributed by atoms with Gasteiger partial charge in [0.05, 0.1) is 16.4 Å². The maximum atomic E-state index is 12.5. The monoisotopic (exact) mass is 388 g/mol. The Kier molecular flexibility index (Phi) is 6.80. The van der Waals surface area contributed by atoms with Crippen molar-refractivity contribution in [3.63, 3.8) is 0 Å². The number of carbonyl (C=O) groups is 2. The molecule has 0 aliphatic heterocycles. The Morgan fingerprint density at radius 1 is 1.26 bits per heavy atom. The summed E-state index contributed by atoms with van der Waals surface area (Å²) in [5.74, 6) is -0.399. The topological polar surface area (TPSA) is 76.0 Å². The molecule has 144 valence electrons. The first kappa shape index (κ1) is 20.7. The molecule has 0 bridgehead atoms. The zero-order chi connectivity index (χ0) is 20.1. The van der Waals surface area contributed by atoms with E-state index in [0.29, 0.717) is 22.0 Å². The Bertz CT molecular complexity index is 886. The number of anilines is 2. The molecular formula is C20H25ClN4O2. The number of amides is 2. The van der Waals surface area contributed by atoms with Crippen LogP contribution in [0.5, 0.6) is 0 Å². The Balaban J connectivity index is 2.09. The minimum absolute atomic E-state index is 0.178. The van der Waals surface area contributed by atoms with Gasteiger partial charge in [-0.25, -0.2) is 0 Å². The van der Waals surface area contributed by atoms with Gasteiger partial charge in [0.15, 0.2) is 0 Å². The minimum Gasteiger partial charge on any atom is -0.323 e. The van der Waals surface area contributed by atoms with E-state index in [4.69, 9.17) is 11.6 Å². The summed E-state index contributed by atoms with van der Waals surface area (Å²) < 4.78 is 1.68. The standard InChI is InChI=1S/C20H25ClN4O2/c1-6-7-12(2)19(26)22-16-8-9-18(17(21)11-16)23-20(27)15(5)25-14(4)10-13(3)24-25/h7-11,15H,6H2,1-5H3,(H,22,26)(H,23,27)/b12-7+. The van der Waals surface area contributed by atoms with Crippen LogP contribution in [0.1, 0.15) is 44.6 Å². The average molecular weight is 389 g/mol. The van der Waals surface area contributed by atoms with Gasteiger partial charge in [0, 0.05) is 17.0 Å². The Hall–Kier alpha value is -2.60. The number of aromatic nitrogens is 2. The molecule has 2 amide bonds. The summed E-state index contributed by atoms with van der Waals surface area (Å²) in [7, 11) is 0. The number of hydrogen-bond donors (Lipinski definition) is 2. The first-order valence-corrected chi connectivity index (χ1v) is 9.22. The molecule has 1 aromatic carbocycles. The number of nitrogens with zero attached hydrogens (tertiary/aromatic N) is 2. The number of allylic oxidation sites excluding steroid dienone is 1. The van der Waals surface area contributed by atoms with Crippen molar-refractivity contribution in [2.45, 2.75) is 47.1 Å². The van der Waals surface area contributed by atoms with E-state index in [1.54, 1.807) is 36.7 Å². The van der Waals surface area contributed by atoms with Crippen LogP contribution in [-0.2, 0) is 9.59 Å². The second-order valence-electron chi connectivity index (χ2n) is 6.48. The largest absolute Gasteiger partial charge is 0.323 e. The van der Waals surface area contributed by atoms with E-state index in [1.807, 2.05) is 32.9 Å². The van der Waals surface area contributed by atoms with E-state index in [0.717, 1.165) is 17.8 Å². The minimum atomic E-state index is -0.476. The highest BCUT2D eigenvalue weighted by Crippen LogP contribution is 2.27. The van der Waals surface area contributed by atoms with E-state index >= 15 is 0 Å². The molecule has 0 aliphatic rings. The molecule has 7 heteroatoms. The Labute approximate surface area is 164 Å². The zero-order valence-electron chi connectivity index (χ0n) is 16.3. The summed E-state index contributed by atoms with van der Waals surface area (Å²) >= 11 is 6.28. The SMILES string of the molecule is CC/C=C(\C)C(=O)Nc1ccc(NC(=O)C(C)n2nc(C)cc2C)c(Cl)c1. The molecule has 27 heavy (non-hydrogen) atoms. The lowest BCUT2D eigenvalue weighted by atomic mass is 10.2. The molecule has 0 aliphatic carbocycles. The molecule has 6 nitrogen and oxygen atoms in total. The van der Waals surface area contributed by atoms with Gasteiger partial charge in [-0.3, -0.25) is 14.3 Å². The Morgan fingerprint density at radius 3 is 2.52 bits per heavy atom. The van der Waals surface area contributed by atoms with E-state index in [-0.39, 0.29) is 11.8 Å². The van der Waals surface area contributed by atoms with Crippen LogP contribution in [0.2, 0.25) is 5.02 Å². The molecule has 1 aromatic heterocycles. The molecule has 2 N–H and O–H groups in total. The Morgan fingerprint density at radius 2 is 1.96 bits per heavy atom. The molecule has 0 spiro atoms. The highest BCUT2D eigenvalue weighted by molar-refractivity contribution is 6.34. The predicted molar refractivity (Wildman–Crippen MR) is 109 cm³/mol. The number of halogens is 1. The molecule has 0 saturated heterocycles. The van der Waals surface area contributed by atoms with Crippen molar-refractivity contribution in [2.75, 3.05) is 10.6 Å². The summed E-state index contributed by atoms with van der Waals surface area (Å²) in [6, 6.07) is 6.43. The summed E-state index contributed by atoms with van der Waals surface area (Å²) in [6.45, 7) is 9.30. The number of nitrogens with one attached hydrogen (secondary N) is 2. The molecular weight excluding hydrogens is 364 g/mol. The van der Waals surface area contributed by atoms with Gasteiger partial charge < -0.3 is 10.6 Å². The number of aryl methyl sites for hydroxylation is 2. The second kappa shape index (κ2) is 8.86. The van der Waals surface area contributed by atoms with Gasteiger partial charge in [0.2, 0.25) is 5.91 Å². The fraction of sp³-hybridized carbons (Fsp3) is 0.350. The lowest BCUT2D eigenvalue weighted by Crippen LogP contribution is -2.25. The van der Waals surface area contributed by atoms with Gasteiger partial charge in [-0.1, -0.05) is 24.6 Å². The van der Waals surface area contributed by atoms with Crippen LogP contribution < -0.4 is 10.6 Å². The third kappa shape index (κ3) is 5.20. The van der Waals surface area contributed by atoms with E-state index in [9.17, 15) is 9.59 Å². The maximum Gasteiger partial charge on any atom is 0.250 e. The molecule has 0 fully saturated rings. The second-order valence-corrected chi connectivity index (χ2v) is 6.89. The summed E-state index contributed by atoms with van der Waals surface area (Å²) in [5, 5.41) is 10.3. The lowest BCUT2D eigenvalue weighted by molar-refractivity contribution is -0.119. The molecule has 1 heterocycles. The number of rotatable bonds is 6. The molecule has 2 aromatic rings. The van der Waals surface area contributed by atoms with Crippen molar-refractivity contribution in [3.8, 4) is 0 Å². The van der Waals surface area contributed by atoms with Crippen LogP contribution in [0.15, 0.2) is 35.9 Å². The van der Waals surface area contributed by atoms with Crippen LogP contribution in [0, 0.1) is 13.8 Å². The van der Waals surface area contributed by atoms with Crippen molar-refractivity contribution in [3.05, 3.63) is 52.3 Å². The summed E-state index contributed by atoms with van der Waals surface area (Å²) in [5.41, 5.74) is 3.46. The third-order valence-corrected chi connectivity index (χ3v) is 4.46. The van der Waals surface area contributed by atoms with Gasteiger partial charge in [-0.05, 0) is 58.4 Å². The fourth-order valence-corrected chi connectivity index (χ4v) is 2.94. The molecule has 2 rings (SSSR count). The quantitative estimate of drug-likeness (QED) is 0.707. The van der Waals surface area contributed by atoms with Crippen molar-refractivity contribution >= 4 is 34.8 Å². The van der Waals surface area contributed by atoms with Crippen LogP contribution in [0.3, 0.4) is 0 Å².